The number of hydrogen-bond donors (Lipinski definition) is 0. The normalized spacial score (nSPS) is 16.4. The molecule has 1 atom stereocenters. The van der Waals surface area contributed by atoms with Crippen LogP contribution in [0.3, 0.4) is 0 Å². The Labute approximate surface area is 144 Å². The highest BCUT2D eigenvalue weighted by Gasteiger charge is 2.37. The van der Waals surface area contributed by atoms with Crippen LogP contribution in [-0.2, 0) is 29.0 Å². The van der Waals surface area contributed by atoms with E-state index in [2.05, 4.69) is 14.9 Å². The second-order valence-corrected chi connectivity index (χ2v) is 8.56. The number of imide groups is 1. The Morgan fingerprint density at radius 2 is 1.92 bits per heavy atom. The van der Waals surface area contributed by atoms with Crippen molar-refractivity contribution in [3.8, 4) is 0 Å². The summed E-state index contributed by atoms with van der Waals surface area (Å²) >= 11 is 0. The van der Waals surface area contributed by atoms with Crippen LogP contribution in [0, 0.1) is 5.41 Å². The van der Waals surface area contributed by atoms with Crippen LogP contribution in [0.4, 0.5) is 4.79 Å². The maximum Gasteiger partial charge on any atom is 0.535 e. The highest BCUT2D eigenvalue weighted by atomic mass is 32.2. The molecule has 1 aliphatic rings. The number of ether oxygens (including phenoxy) is 1. The maximum absolute atomic E-state index is 11.9. The van der Waals surface area contributed by atoms with Gasteiger partial charge in [-0.15, -0.1) is 0 Å². The fourth-order valence-electron chi connectivity index (χ4n) is 2.09. The van der Waals surface area contributed by atoms with E-state index in [1.165, 1.54) is 0 Å². The zero-order valence-corrected chi connectivity index (χ0v) is 15.0. The van der Waals surface area contributed by atoms with Crippen LogP contribution >= 0.6 is 0 Å². The predicted octanol–water partition coefficient (Wildman–Crippen LogP) is 1.69. The molecular weight excluding hydrogens is 356 g/mol. The molecule has 1 aliphatic heterocycles. The summed E-state index contributed by atoms with van der Waals surface area (Å²) in [6.07, 6.45) is -0.457. The smallest absolute Gasteiger partial charge is 0.413 e. The first-order valence-electron chi connectivity index (χ1n) is 7.40. The fourth-order valence-corrected chi connectivity index (χ4v) is 3.10. The monoisotopic (exact) mass is 376 g/mol. The molecule has 2 amide bonds. The lowest BCUT2D eigenvalue weighted by Gasteiger charge is -2.28. The van der Waals surface area contributed by atoms with Crippen LogP contribution in [0.2, 0.25) is 0 Å². The SMILES string of the molecule is CC(C)(CCN=[N+]=[N-])CC(OC(=O)ON1C(=O)CCC1=O)S(C)(=O)=O. The number of carbonyl (C=O) groups excluding carboxylic acids is 3. The van der Waals surface area contributed by atoms with Gasteiger partial charge in [0, 0.05) is 37.0 Å². The minimum atomic E-state index is -3.80. The van der Waals surface area contributed by atoms with E-state index in [4.69, 9.17) is 10.3 Å². The van der Waals surface area contributed by atoms with E-state index >= 15 is 0 Å². The molecule has 0 aromatic heterocycles. The number of nitrogens with zero attached hydrogens (tertiary/aromatic N) is 4. The Morgan fingerprint density at radius 1 is 1.36 bits per heavy atom. The number of rotatable bonds is 8. The molecule has 0 aliphatic carbocycles. The molecule has 1 saturated heterocycles. The Balaban J connectivity index is 2.76. The van der Waals surface area contributed by atoms with E-state index in [-0.39, 0.29) is 30.9 Å². The van der Waals surface area contributed by atoms with Crippen LogP contribution < -0.4 is 0 Å². The molecular formula is C13H20N4O7S. The molecule has 1 rings (SSSR count). The highest BCUT2D eigenvalue weighted by Crippen LogP contribution is 2.30. The van der Waals surface area contributed by atoms with Crippen LogP contribution in [0.15, 0.2) is 5.11 Å². The van der Waals surface area contributed by atoms with E-state index in [9.17, 15) is 22.8 Å². The lowest BCUT2D eigenvalue weighted by atomic mass is 9.86. The van der Waals surface area contributed by atoms with Gasteiger partial charge in [-0.2, -0.15) is 0 Å². The van der Waals surface area contributed by atoms with Crippen molar-refractivity contribution in [2.24, 2.45) is 10.5 Å². The van der Waals surface area contributed by atoms with E-state index in [1.807, 2.05) is 0 Å². The van der Waals surface area contributed by atoms with Gasteiger partial charge in [0.15, 0.2) is 9.84 Å². The van der Waals surface area contributed by atoms with Crippen molar-refractivity contribution >= 4 is 27.8 Å². The van der Waals surface area contributed by atoms with E-state index in [0.29, 0.717) is 6.42 Å². The summed E-state index contributed by atoms with van der Waals surface area (Å²) in [7, 11) is -3.80. The first kappa shape index (κ1) is 20.7. The third-order valence-corrected chi connectivity index (χ3v) is 4.77. The minimum Gasteiger partial charge on any atom is -0.413 e. The molecule has 1 unspecified atom stereocenters. The molecule has 0 radical (unpaired) electrons. The van der Waals surface area contributed by atoms with Gasteiger partial charge < -0.3 is 4.74 Å². The van der Waals surface area contributed by atoms with Gasteiger partial charge in [-0.05, 0) is 17.4 Å². The number of hydroxylamine groups is 2. The van der Waals surface area contributed by atoms with E-state index in [0.717, 1.165) is 6.26 Å². The third kappa shape index (κ3) is 6.59. The van der Waals surface area contributed by atoms with Crippen LogP contribution in [-0.4, -0.2) is 49.7 Å². The van der Waals surface area contributed by atoms with Crippen LogP contribution in [0.25, 0.3) is 10.4 Å². The Bertz CT molecular complexity index is 681. The van der Waals surface area contributed by atoms with Crippen molar-refractivity contribution in [2.45, 2.75) is 45.0 Å². The Morgan fingerprint density at radius 3 is 2.40 bits per heavy atom. The number of carbonyl (C=O) groups is 3. The second kappa shape index (κ2) is 8.17. The van der Waals surface area contributed by atoms with Gasteiger partial charge in [0.05, 0.1) is 0 Å². The molecule has 0 aromatic carbocycles. The molecule has 0 aromatic rings. The van der Waals surface area contributed by atoms with Gasteiger partial charge in [-0.3, -0.25) is 14.4 Å². The summed E-state index contributed by atoms with van der Waals surface area (Å²) < 4.78 is 28.6. The van der Waals surface area contributed by atoms with Gasteiger partial charge in [0.2, 0.25) is 5.44 Å². The average Bonchev–Trinajstić information content (AvgIpc) is 2.77. The molecule has 25 heavy (non-hydrogen) atoms. The van der Waals surface area contributed by atoms with Crippen molar-refractivity contribution in [1.82, 2.24) is 5.06 Å². The maximum atomic E-state index is 11.9. The summed E-state index contributed by atoms with van der Waals surface area (Å²) in [5.41, 5.74) is 6.13. The minimum absolute atomic E-state index is 0.0796. The summed E-state index contributed by atoms with van der Waals surface area (Å²) in [4.78, 5) is 41.7. The lowest BCUT2D eigenvalue weighted by molar-refractivity contribution is -0.177. The number of sulfone groups is 1. The zero-order valence-electron chi connectivity index (χ0n) is 14.2. The summed E-state index contributed by atoms with van der Waals surface area (Å²) in [6, 6.07) is 0. The number of amides is 2. The summed E-state index contributed by atoms with van der Waals surface area (Å²) in [5, 5.41) is 3.66. The first-order chi connectivity index (χ1) is 11.5. The van der Waals surface area contributed by atoms with Gasteiger partial charge in [-0.25, -0.2) is 13.2 Å². The second-order valence-electron chi connectivity index (χ2n) is 6.37. The van der Waals surface area contributed by atoms with Gasteiger partial charge >= 0.3 is 6.16 Å². The molecule has 0 spiro atoms. The summed E-state index contributed by atoms with van der Waals surface area (Å²) in [5.74, 6) is -1.40. The van der Waals surface area contributed by atoms with Crippen molar-refractivity contribution in [2.75, 3.05) is 12.8 Å². The molecule has 1 fully saturated rings. The van der Waals surface area contributed by atoms with Crippen molar-refractivity contribution in [3.05, 3.63) is 10.4 Å². The topological polar surface area (TPSA) is 156 Å². The van der Waals surface area contributed by atoms with Gasteiger partial charge in [-0.1, -0.05) is 24.0 Å². The van der Waals surface area contributed by atoms with Crippen LogP contribution in [0.1, 0.15) is 39.5 Å². The highest BCUT2D eigenvalue weighted by molar-refractivity contribution is 7.91. The van der Waals surface area contributed by atoms with Crippen molar-refractivity contribution < 1.29 is 32.4 Å². The molecule has 140 valence electrons. The molecule has 0 bridgehead atoms. The molecule has 1 heterocycles. The number of hydrogen-bond acceptors (Lipinski definition) is 8. The quantitative estimate of drug-likeness (QED) is 0.205. The fraction of sp³-hybridized carbons (Fsp3) is 0.769. The largest absolute Gasteiger partial charge is 0.535 e. The third-order valence-electron chi connectivity index (χ3n) is 3.55. The molecule has 11 nitrogen and oxygen atoms in total. The Hall–Kier alpha value is -2.33. The van der Waals surface area contributed by atoms with E-state index < -0.39 is 38.7 Å². The summed E-state index contributed by atoms with van der Waals surface area (Å²) in [6.45, 7) is 3.60. The molecule has 0 saturated carbocycles. The lowest BCUT2D eigenvalue weighted by Crippen LogP contribution is -2.37. The van der Waals surface area contributed by atoms with Crippen LogP contribution in [0.5, 0.6) is 0 Å². The van der Waals surface area contributed by atoms with Crippen molar-refractivity contribution in [1.29, 1.82) is 0 Å². The standard InChI is InChI=1S/C13H20N4O7S/c1-13(2,6-7-15-16-14)8-11(25(3,21)22)23-12(20)24-17-9(18)4-5-10(17)19/h11H,4-8H2,1-3H3. The van der Waals surface area contributed by atoms with Crippen molar-refractivity contribution in [3.63, 3.8) is 0 Å². The zero-order chi connectivity index (χ0) is 19.3. The average molecular weight is 376 g/mol. The molecule has 12 heteroatoms. The number of azide groups is 1. The van der Waals surface area contributed by atoms with Gasteiger partial charge in [0.25, 0.3) is 11.8 Å². The predicted molar refractivity (Wildman–Crippen MR) is 84.3 cm³/mol. The Kier molecular flexibility index (Phi) is 6.77. The van der Waals surface area contributed by atoms with Gasteiger partial charge in [0.1, 0.15) is 0 Å². The first-order valence-corrected chi connectivity index (χ1v) is 9.36. The van der Waals surface area contributed by atoms with E-state index in [1.54, 1.807) is 13.8 Å². The molecule has 0 N–H and O–H groups in total.